The first-order valence-corrected chi connectivity index (χ1v) is 9.43. The van der Waals surface area contributed by atoms with Crippen molar-refractivity contribution < 1.29 is 4.74 Å². The minimum atomic E-state index is -0.324. The number of hydrogen-bond acceptors (Lipinski definition) is 3. The van der Waals surface area contributed by atoms with Gasteiger partial charge in [-0.3, -0.25) is 13.9 Å². The molecule has 0 bridgehead atoms. The maximum atomic E-state index is 12.9. The van der Waals surface area contributed by atoms with E-state index in [1.54, 1.807) is 7.05 Å². The number of halogens is 1. The molecule has 1 aliphatic rings. The summed E-state index contributed by atoms with van der Waals surface area (Å²) in [7, 11) is 3.22. The van der Waals surface area contributed by atoms with Crippen molar-refractivity contribution in [3.8, 4) is 11.3 Å². The number of benzene rings is 1. The zero-order valence-electron chi connectivity index (χ0n) is 14.7. The number of rotatable bonds is 3. The summed E-state index contributed by atoms with van der Waals surface area (Å²) in [6.07, 6.45) is 4.07. The van der Waals surface area contributed by atoms with Crippen molar-refractivity contribution in [2.45, 2.75) is 25.5 Å². The van der Waals surface area contributed by atoms with Gasteiger partial charge in [0.25, 0.3) is 5.56 Å². The van der Waals surface area contributed by atoms with Crippen LogP contribution in [0.2, 0.25) is 0 Å². The molecule has 0 saturated carbocycles. The van der Waals surface area contributed by atoms with Crippen LogP contribution in [-0.2, 0) is 25.4 Å². The Kier molecular flexibility index (Phi) is 4.36. The van der Waals surface area contributed by atoms with Gasteiger partial charge in [-0.05, 0) is 18.9 Å². The van der Waals surface area contributed by atoms with Crippen LogP contribution in [0.5, 0.6) is 0 Å². The lowest BCUT2D eigenvalue weighted by Crippen LogP contribution is -2.36. The first-order valence-electron chi connectivity index (χ1n) is 8.64. The van der Waals surface area contributed by atoms with Crippen LogP contribution < -0.4 is 11.2 Å². The average Bonchev–Trinajstić information content (AvgIpc) is 3.27. The van der Waals surface area contributed by atoms with E-state index in [0.717, 1.165) is 35.2 Å². The van der Waals surface area contributed by atoms with Crippen LogP contribution in [0.25, 0.3) is 22.2 Å². The quantitative estimate of drug-likeness (QED) is 0.657. The Balaban J connectivity index is 2.06. The normalized spacial score (nSPS) is 17.3. The Morgan fingerprint density at radius 3 is 2.65 bits per heavy atom. The highest BCUT2D eigenvalue weighted by Crippen LogP contribution is 2.34. The minimum absolute atomic E-state index is 0.124. The minimum Gasteiger partial charge on any atom is -0.376 e. The molecule has 4 rings (SSSR count). The zero-order chi connectivity index (χ0) is 18.4. The second-order valence-electron chi connectivity index (χ2n) is 6.71. The highest BCUT2D eigenvalue weighted by molar-refractivity contribution is 9.10. The molecule has 1 fully saturated rings. The van der Waals surface area contributed by atoms with Gasteiger partial charge in [-0.25, -0.2) is 4.79 Å². The molecular weight excluding hydrogens is 398 g/mol. The molecule has 1 atom stereocenters. The van der Waals surface area contributed by atoms with Gasteiger partial charge in [0.05, 0.1) is 22.7 Å². The highest BCUT2D eigenvalue weighted by atomic mass is 79.9. The number of aryl methyl sites for hydroxylation is 1. The first kappa shape index (κ1) is 17.3. The summed E-state index contributed by atoms with van der Waals surface area (Å²) in [6.45, 7) is 1.43. The van der Waals surface area contributed by atoms with Crippen LogP contribution in [0.4, 0.5) is 0 Å². The predicted molar refractivity (Wildman–Crippen MR) is 105 cm³/mol. The number of fused-ring (bicyclic) bond motifs is 1. The molecule has 0 aliphatic carbocycles. The molecule has 1 aliphatic heterocycles. The highest BCUT2D eigenvalue weighted by Gasteiger charge is 2.23. The third-order valence-corrected chi connectivity index (χ3v) is 5.76. The van der Waals surface area contributed by atoms with E-state index in [4.69, 9.17) is 4.74 Å². The van der Waals surface area contributed by atoms with Crippen LogP contribution in [0.1, 0.15) is 12.8 Å². The molecule has 7 heteroatoms. The SMILES string of the molecule is Cn1c(=O)c2c(-c3ccccc3Br)n(C[C@H]3CCCO3)cc2n(C)c1=O. The number of ether oxygens (including phenoxy) is 1. The largest absolute Gasteiger partial charge is 0.376 e. The zero-order valence-corrected chi connectivity index (χ0v) is 16.3. The molecule has 136 valence electrons. The van der Waals surface area contributed by atoms with Gasteiger partial charge < -0.3 is 9.30 Å². The van der Waals surface area contributed by atoms with E-state index in [9.17, 15) is 9.59 Å². The second kappa shape index (κ2) is 6.55. The molecule has 0 amide bonds. The molecular formula is C19H20BrN3O3. The fraction of sp³-hybridized carbons (Fsp3) is 0.368. The van der Waals surface area contributed by atoms with Crippen molar-refractivity contribution in [3.63, 3.8) is 0 Å². The summed E-state index contributed by atoms with van der Waals surface area (Å²) in [6, 6.07) is 7.82. The summed E-state index contributed by atoms with van der Waals surface area (Å²) < 4.78 is 11.5. The number of nitrogens with zero attached hydrogens (tertiary/aromatic N) is 3. The molecule has 0 radical (unpaired) electrons. The van der Waals surface area contributed by atoms with Crippen molar-refractivity contribution in [2.75, 3.05) is 6.61 Å². The molecule has 1 aromatic carbocycles. The van der Waals surface area contributed by atoms with Gasteiger partial charge in [0.2, 0.25) is 0 Å². The van der Waals surface area contributed by atoms with Crippen molar-refractivity contribution in [2.24, 2.45) is 14.1 Å². The Bertz CT molecular complexity index is 1100. The van der Waals surface area contributed by atoms with Crippen molar-refractivity contribution in [1.82, 2.24) is 13.7 Å². The van der Waals surface area contributed by atoms with E-state index < -0.39 is 0 Å². The third kappa shape index (κ3) is 2.66. The lowest BCUT2D eigenvalue weighted by molar-refractivity contribution is 0.0975. The van der Waals surface area contributed by atoms with Gasteiger partial charge in [-0.2, -0.15) is 0 Å². The Morgan fingerprint density at radius 2 is 1.96 bits per heavy atom. The van der Waals surface area contributed by atoms with E-state index in [0.29, 0.717) is 17.4 Å². The van der Waals surface area contributed by atoms with Crippen molar-refractivity contribution >= 4 is 26.8 Å². The van der Waals surface area contributed by atoms with Gasteiger partial charge >= 0.3 is 5.69 Å². The predicted octanol–water partition coefficient (Wildman–Crippen LogP) is 2.65. The summed E-state index contributed by atoms with van der Waals surface area (Å²) in [5.74, 6) is 0. The second-order valence-corrected chi connectivity index (χ2v) is 7.57. The monoisotopic (exact) mass is 417 g/mol. The molecule has 26 heavy (non-hydrogen) atoms. The summed E-state index contributed by atoms with van der Waals surface area (Å²) >= 11 is 3.60. The summed E-state index contributed by atoms with van der Waals surface area (Å²) in [4.78, 5) is 25.3. The van der Waals surface area contributed by atoms with Crippen molar-refractivity contribution in [1.29, 1.82) is 0 Å². The van der Waals surface area contributed by atoms with Gasteiger partial charge in [0.1, 0.15) is 0 Å². The van der Waals surface area contributed by atoms with Crippen LogP contribution in [0.3, 0.4) is 0 Å². The lowest BCUT2D eigenvalue weighted by atomic mass is 10.1. The molecule has 3 aromatic rings. The number of hydrogen-bond donors (Lipinski definition) is 0. The van der Waals surface area contributed by atoms with Gasteiger partial charge in [0, 0.05) is 43.5 Å². The smallest absolute Gasteiger partial charge is 0.330 e. The topological polar surface area (TPSA) is 58.2 Å². The van der Waals surface area contributed by atoms with E-state index in [2.05, 4.69) is 20.5 Å². The van der Waals surface area contributed by atoms with Gasteiger partial charge in [0.15, 0.2) is 0 Å². The van der Waals surface area contributed by atoms with Crippen LogP contribution in [0, 0.1) is 0 Å². The third-order valence-electron chi connectivity index (χ3n) is 5.07. The van der Waals surface area contributed by atoms with Crippen molar-refractivity contribution in [3.05, 3.63) is 55.8 Å². The van der Waals surface area contributed by atoms with E-state index in [1.165, 1.54) is 16.2 Å². The summed E-state index contributed by atoms with van der Waals surface area (Å²) in [5, 5.41) is 0.555. The Hall–Kier alpha value is -2.12. The van der Waals surface area contributed by atoms with Crippen LogP contribution in [-0.4, -0.2) is 26.4 Å². The fourth-order valence-electron chi connectivity index (χ4n) is 3.68. The van der Waals surface area contributed by atoms with Gasteiger partial charge in [-0.15, -0.1) is 0 Å². The van der Waals surface area contributed by atoms with E-state index in [1.807, 2.05) is 30.5 Å². The van der Waals surface area contributed by atoms with Gasteiger partial charge in [-0.1, -0.05) is 34.1 Å². The number of aromatic nitrogens is 3. The molecule has 6 nitrogen and oxygen atoms in total. The van der Waals surface area contributed by atoms with Crippen LogP contribution >= 0.6 is 15.9 Å². The molecule has 0 unspecified atom stereocenters. The summed E-state index contributed by atoms with van der Waals surface area (Å²) in [5.41, 5.74) is 1.78. The fourth-order valence-corrected chi connectivity index (χ4v) is 4.16. The molecule has 0 spiro atoms. The first-order chi connectivity index (χ1) is 12.5. The van der Waals surface area contributed by atoms with E-state index in [-0.39, 0.29) is 17.4 Å². The van der Waals surface area contributed by atoms with E-state index >= 15 is 0 Å². The maximum absolute atomic E-state index is 12.9. The molecule has 2 aromatic heterocycles. The molecule has 3 heterocycles. The lowest BCUT2D eigenvalue weighted by Gasteiger charge is -2.15. The average molecular weight is 418 g/mol. The van der Waals surface area contributed by atoms with Crippen LogP contribution in [0.15, 0.2) is 44.5 Å². The Labute approximate surface area is 158 Å². The molecule has 0 N–H and O–H groups in total. The molecule has 1 saturated heterocycles. The maximum Gasteiger partial charge on any atom is 0.330 e. The standard InChI is InChI=1S/C19H20BrN3O3/c1-21-15-11-23(10-12-6-5-9-26-12)17(13-7-3-4-8-14(13)20)16(15)18(24)22(2)19(21)25/h3-4,7-8,11-12H,5-6,9-10H2,1-2H3/t12-/m1/s1. The Morgan fingerprint density at radius 1 is 1.19 bits per heavy atom.